The number of hydrogen-bond donors (Lipinski definition) is 3. The Labute approximate surface area is 167 Å². The number of carbonyl (C=O) groups excluding carboxylic acids is 2. The van der Waals surface area contributed by atoms with Gasteiger partial charge in [-0.1, -0.05) is 24.9 Å². The van der Waals surface area contributed by atoms with Crippen LogP contribution in [0.5, 0.6) is 0 Å². The molecule has 0 bridgehead atoms. The van der Waals surface area contributed by atoms with Gasteiger partial charge >= 0.3 is 0 Å². The van der Waals surface area contributed by atoms with Crippen molar-refractivity contribution < 1.29 is 9.59 Å². The molecule has 0 spiro atoms. The molecule has 146 valence electrons. The summed E-state index contributed by atoms with van der Waals surface area (Å²) in [4.78, 5) is 41.9. The number of aromatic nitrogens is 2. The van der Waals surface area contributed by atoms with Gasteiger partial charge in [-0.25, -0.2) is 4.98 Å². The van der Waals surface area contributed by atoms with Crippen LogP contribution in [-0.4, -0.2) is 29.2 Å². The molecule has 1 aromatic carbocycles. The van der Waals surface area contributed by atoms with Gasteiger partial charge in [-0.05, 0) is 47.5 Å². The van der Waals surface area contributed by atoms with Crippen LogP contribution in [0, 0.1) is 4.91 Å². The van der Waals surface area contributed by atoms with Crippen LogP contribution in [0.15, 0.2) is 41.1 Å². The fourth-order valence-corrected chi connectivity index (χ4v) is 2.63. The monoisotopic (exact) mass is 401 g/mol. The Balaban J connectivity index is 2.26. The Morgan fingerprint density at radius 2 is 2.14 bits per heavy atom. The zero-order valence-electron chi connectivity index (χ0n) is 15.5. The molecule has 0 radical (unpaired) electrons. The summed E-state index contributed by atoms with van der Waals surface area (Å²) in [7, 11) is 1.60. The fourth-order valence-electron chi connectivity index (χ4n) is 2.46. The number of aldehydes is 1. The minimum atomic E-state index is -0.521. The molecule has 3 N–H and O–H groups in total. The topological polar surface area (TPSA) is 116 Å². The maximum atomic E-state index is 12.6. The van der Waals surface area contributed by atoms with E-state index in [2.05, 4.69) is 25.8 Å². The highest BCUT2D eigenvalue weighted by molar-refractivity contribution is 6.32. The van der Waals surface area contributed by atoms with Crippen molar-refractivity contribution in [2.24, 2.45) is 5.18 Å². The molecule has 1 aromatic heterocycles. The Morgan fingerprint density at radius 1 is 1.36 bits per heavy atom. The second kappa shape index (κ2) is 10.2. The Bertz CT molecular complexity index is 933. The molecular formula is C19H20ClN5O3. The van der Waals surface area contributed by atoms with Crippen molar-refractivity contribution in [1.82, 2.24) is 20.6 Å². The lowest BCUT2D eigenvalue weighted by molar-refractivity contribution is -0.118. The summed E-state index contributed by atoms with van der Waals surface area (Å²) in [5.41, 5.74) is 2.31. The molecule has 0 unspecified atom stereocenters. The van der Waals surface area contributed by atoms with Crippen molar-refractivity contribution in [1.29, 1.82) is 0 Å². The van der Waals surface area contributed by atoms with E-state index in [0.29, 0.717) is 22.6 Å². The van der Waals surface area contributed by atoms with Gasteiger partial charge in [0, 0.05) is 17.8 Å². The van der Waals surface area contributed by atoms with Gasteiger partial charge in [0.25, 0.3) is 5.91 Å². The van der Waals surface area contributed by atoms with E-state index in [9.17, 15) is 14.5 Å². The largest absolute Gasteiger partial charge is 0.384 e. The van der Waals surface area contributed by atoms with E-state index in [-0.39, 0.29) is 17.1 Å². The van der Waals surface area contributed by atoms with E-state index in [1.807, 2.05) is 6.92 Å². The summed E-state index contributed by atoms with van der Waals surface area (Å²) in [6, 6.07) is 4.35. The minimum Gasteiger partial charge on any atom is -0.384 e. The second-order valence-electron chi connectivity index (χ2n) is 5.79. The van der Waals surface area contributed by atoms with Gasteiger partial charge in [0.2, 0.25) is 0 Å². The van der Waals surface area contributed by atoms with Crippen LogP contribution in [0.25, 0.3) is 12.2 Å². The standard InChI is InChI=1S/C19H20ClN5O3/c1-3-4-16-17(23-11-22-16)9-18(21-2)19(27)24-14(10-26)8-12-7-13(25-28)5-6-15(12)20/h5-11,21H,3-4H2,1-2H3,(H,22,23)(H,24,27)/b14-8-,18-9-. The van der Waals surface area contributed by atoms with Crippen LogP contribution in [0.4, 0.5) is 5.69 Å². The number of H-pyrrole nitrogens is 1. The van der Waals surface area contributed by atoms with Crippen molar-refractivity contribution in [3.8, 4) is 0 Å². The number of hydrogen-bond acceptors (Lipinski definition) is 6. The van der Waals surface area contributed by atoms with Crippen LogP contribution in [0.1, 0.15) is 30.3 Å². The number of aromatic amines is 1. The van der Waals surface area contributed by atoms with E-state index in [1.165, 1.54) is 24.3 Å². The number of halogens is 1. The number of imidazole rings is 1. The molecule has 9 heteroatoms. The van der Waals surface area contributed by atoms with Gasteiger partial charge in [0.15, 0.2) is 6.29 Å². The van der Waals surface area contributed by atoms with Gasteiger partial charge in [-0.15, -0.1) is 4.91 Å². The third kappa shape index (κ3) is 5.37. The number of nitroso groups, excluding NO2 is 1. The van der Waals surface area contributed by atoms with E-state index in [4.69, 9.17) is 11.6 Å². The average molecular weight is 402 g/mol. The summed E-state index contributed by atoms with van der Waals surface area (Å²) >= 11 is 6.07. The number of likely N-dealkylation sites (N-methyl/N-ethyl adjacent to an activating group) is 1. The first kappa shape index (κ1) is 21.0. The Hall–Kier alpha value is -3.26. The number of amides is 1. The molecule has 0 saturated heterocycles. The second-order valence-corrected chi connectivity index (χ2v) is 6.20. The van der Waals surface area contributed by atoms with Crippen LogP contribution >= 0.6 is 11.6 Å². The van der Waals surface area contributed by atoms with Gasteiger partial charge in [0.1, 0.15) is 11.4 Å². The smallest absolute Gasteiger partial charge is 0.271 e. The fraction of sp³-hybridized carbons (Fsp3) is 0.211. The van der Waals surface area contributed by atoms with Crippen molar-refractivity contribution in [3.05, 3.63) is 62.8 Å². The molecule has 1 heterocycles. The summed E-state index contributed by atoms with van der Waals surface area (Å²) in [6.45, 7) is 2.04. The van der Waals surface area contributed by atoms with Gasteiger partial charge < -0.3 is 15.6 Å². The van der Waals surface area contributed by atoms with E-state index >= 15 is 0 Å². The number of allylic oxidation sites excluding steroid dienone is 1. The molecule has 8 nitrogen and oxygen atoms in total. The van der Waals surface area contributed by atoms with Gasteiger partial charge in [-0.3, -0.25) is 9.59 Å². The molecule has 0 atom stereocenters. The summed E-state index contributed by atoms with van der Waals surface area (Å²) in [6.07, 6.45) is 6.74. The van der Waals surface area contributed by atoms with Crippen LogP contribution in [0.2, 0.25) is 5.02 Å². The number of carbonyl (C=O) groups is 2. The number of aryl methyl sites for hydroxylation is 1. The van der Waals surface area contributed by atoms with Crippen molar-refractivity contribution in [3.63, 3.8) is 0 Å². The maximum absolute atomic E-state index is 12.6. The molecule has 1 amide bonds. The molecule has 0 aliphatic heterocycles. The predicted molar refractivity (Wildman–Crippen MR) is 109 cm³/mol. The molecule has 28 heavy (non-hydrogen) atoms. The minimum absolute atomic E-state index is 0.0214. The lowest BCUT2D eigenvalue weighted by Gasteiger charge is -2.09. The van der Waals surface area contributed by atoms with Crippen LogP contribution < -0.4 is 10.6 Å². The zero-order valence-corrected chi connectivity index (χ0v) is 16.2. The number of nitrogens with zero attached hydrogens (tertiary/aromatic N) is 2. The van der Waals surface area contributed by atoms with E-state index in [0.717, 1.165) is 18.5 Å². The Morgan fingerprint density at radius 3 is 2.79 bits per heavy atom. The molecule has 0 aliphatic carbocycles. The highest BCUT2D eigenvalue weighted by Crippen LogP contribution is 2.24. The van der Waals surface area contributed by atoms with Crippen molar-refractivity contribution in [2.45, 2.75) is 19.8 Å². The normalized spacial score (nSPS) is 11.8. The molecule has 0 fully saturated rings. The quantitative estimate of drug-likeness (QED) is 0.338. The van der Waals surface area contributed by atoms with Crippen molar-refractivity contribution >= 4 is 41.6 Å². The van der Waals surface area contributed by atoms with Crippen molar-refractivity contribution in [2.75, 3.05) is 7.05 Å². The third-order valence-corrected chi connectivity index (χ3v) is 4.17. The molecule has 2 aromatic rings. The summed E-state index contributed by atoms with van der Waals surface area (Å²) in [5, 5.41) is 8.46. The van der Waals surface area contributed by atoms with Gasteiger partial charge in [0.05, 0.1) is 17.7 Å². The average Bonchev–Trinajstić information content (AvgIpc) is 3.14. The number of rotatable bonds is 9. The predicted octanol–water partition coefficient (Wildman–Crippen LogP) is 3.33. The van der Waals surface area contributed by atoms with E-state index in [1.54, 1.807) is 19.5 Å². The highest BCUT2D eigenvalue weighted by atomic mass is 35.5. The van der Waals surface area contributed by atoms with Crippen LogP contribution in [-0.2, 0) is 16.0 Å². The number of benzene rings is 1. The summed E-state index contributed by atoms with van der Waals surface area (Å²) < 4.78 is 0. The maximum Gasteiger partial charge on any atom is 0.271 e. The molecule has 0 saturated carbocycles. The molecule has 2 rings (SSSR count). The van der Waals surface area contributed by atoms with Gasteiger partial charge in [-0.2, -0.15) is 0 Å². The first-order chi connectivity index (χ1) is 13.5. The lowest BCUT2D eigenvalue weighted by atomic mass is 10.1. The third-order valence-electron chi connectivity index (χ3n) is 3.83. The van der Waals surface area contributed by atoms with Crippen LogP contribution in [0.3, 0.4) is 0 Å². The van der Waals surface area contributed by atoms with E-state index < -0.39 is 5.91 Å². The first-order valence-electron chi connectivity index (χ1n) is 8.55. The first-order valence-corrected chi connectivity index (χ1v) is 8.93. The summed E-state index contributed by atoms with van der Waals surface area (Å²) in [5.74, 6) is -0.521. The number of nitrogens with one attached hydrogen (secondary N) is 3. The highest BCUT2D eigenvalue weighted by Gasteiger charge is 2.13. The zero-order chi connectivity index (χ0) is 20.5. The lowest BCUT2D eigenvalue weighted by Crippen LogP contribution is -2.30. The molecular weight excluding hydrogens is 382 g/mol. The Kier molecular flexibility index (Phi) is 7.65. The molecule has 0 aliphatic rings. The SMILES string of the molecule is CCCc1[nH]cnc1/C=C(\NC)C(=O)N/C(C=O)=C\c1cc(N=O)ccc1Cl.